The lowest BCUT2D eigenvalue weighted by atomic mass is 10.5. The number of amides is 3. The predicted molar refractivity (Wildman–Crippen MR) is 69.4 cm³/mol. The van der Waals surface area contributed by atoms with Crippen LogP contribution < -0.4 is 0 Å². The summed E-state index contributed by atoms with van der Waals surface area (Å²) in [5, 5.41) is 0. The molecule has 7 heteroatoms. The molecule has 1 rings (SSSR count). The van der Waals surface area contributed by atoms with Gasteiger partial charge in [-0.05, 0) is 52.1 Å². The Bertz CT molecular complexity index is 243. The van der Waals surface area contributed by atoms with Gasteiger partial charge in [0.1, 0.15) is 0 Å². The number of urea groups is 1. The molecule has 0 bridgehead atoms. The highest BCUT2D eigenvalue weighted by Gasteiger charge is 2.53. The molecule has 0 aliphatic carbocycles. The molecule has 1 fully saturated rings. The number of nitrogens with zero attached hydrogens (tertiary/aromatic N) is 2. The van der Waals surface area contributed by atoms with Gasteiger partial charge in [-0.1, -0.05) is 0 Å². The molecule has 0 aromatic carbocycles. The minimum atomic E-state index is -0.747. The number of rotatable bonds is 1. The number of hydrogen-bond donors (Lipinski definition) is 0. The maximum absolute atomic E-state index is 11.5. The average Bonchev–Trinajstić information content (AvgIpc) is 2.15. The third kappa shape index (κ3) is 1.55. The van der Waals surface area contributed by atoms with Gasteiger partial charge in [0.15, 0.2) is 0 Å². The van der Waals surface area contributed by atoms with Crippen molar-refractivity contribution in [3.8, 4) is 0 Å². The maximum atomic E-state index is 11.5. The van der Waals surface area contributed by atoms with E-state index in [-0.39, 0.29) is 11.9 Å². The lowest BCUT2D eigenvalue weighted by Crippen LogP contribution is -2.32. The van der Waals surface area contributed by atoms with Crippen LogP contribution in [0.3, 0.4) is 0 Å². The van der Waals surface area contributed by atoms with Gasteiger partial charge in [0.25, 0.3) is 5.91 Å². The van der Waals surface area contributed by atoms with Crippen LogP contribution in [0, 0.1) is 0 Å². The Kier molecular flexibility index (Phi) is 3.46. The van der Waals surface area contributed by atoms with Crippen LogP contribution in [-0.4, -0.2) is 28.0 Å². The summed E-state index contributed by atoms with van der Waals surface area (Å²) in [5.74, 6) is -0.148. The SMILES string of the molecule is CCN1C(=O)N(I)C(I)(I)C1=O. The Morgan fingerprint density at radius 3 is 2.08 bits per heavy atom. The van der Waals surface area contributed by atoms with Gasteiger partial charge in [-0.2, -0.15) is 0 Å². The molecular formula is C5H5I3N2O2. The zero-order valence-electron chi connectivity index (χ0n) is 6.05. The number of likely N-dealkylation sites (N-methyl/N-ethyl adjacent to an activating group) is 1. The monoisotopic (exact) mass is 506 g/mol. The summed E-state index contributed by atoms with van der Waals surface area (Å²) in [6.45, 7) is 2.22. The van der Waals surface area contributed by atoms with E-state index in [0.29, 0.717) is 6.54 Å². The van der Waals surface area contributed by atoms with Crippen LogP contribution in [0.1, 0.15) is 6.92 Å². The van der Waals surface area contributed by atoms with Gasteiger partial charge < -0.3 is 0 Å². The van der Waals surface area contributed by atoms with Crippen LogP contribution in [0.25, 0.3) is 0 Å². The third-order valence-corrected chi connectivity index (χ3v) is 6.33. The van der Waals surface area contributed by atoms with Gasteiger partial charge >= 0.3 is 6.03 Å². The molecule has 0 aromatic rings. The highest BCUT2D eigenvalue weighted by molar-refractivity contribution is 14.2. The van der Waals surface area contributed by atoms with E-state index in [1.165, 1.54) is 8.01 Å². The van der Waals surface area contributed by atoms with Crippen molar-refractivity contribution in [2.24, 2.45) is 0 Å². The minimum Gasteiger partial charge on any atom is -0.270 e. The summed E-state index contributed by atoms with van der Waals surface area (Å²) in [7, 11) is 0. The first-order valence-electron chi connectivity index (χ1n) is 3.12. The summed E-state index contributed by atoms with van der Waals surface area (Å²) in [5.41, 5.74) is 0. The van der Waals surface area contributed by atoms with E-state index in [4.69, 9.17) is 0 Å². The molecule has 1 saturated heterocycles. The molecule has 68 valence electrons. The Labute approximate surface area is 111 Å². The first-order chi connectivity index (χ1) is 5.42. The number of carbonyl (C=O) groups is 2. The van der Waals surface area contributed by atoms with Gasteiger partial charge in [0, 0.05) is 6.54 Å². The second-order valence-electron chi connectivity index (χ2n) is 2.15. The summed E-state index contributed by atoms with van der Waals surface area (Å²) < 4.78 is 0.668. The quantitative estimate of drug-likeness (QED) is 0.180. The van der Waals surface area contributed by atoms with Crippen molar-refractivity contribution in [1.29, 1.82) is 0 Å². The largest absolute Gasteiger partial charge is 0.337 e. The molecular weight excluding hydrogens is 501 g/mol. The standard InChI is InChI=1S/C5H5I3N2O2/c1-2-9-3(11)5(6,7)10(8)4(9)12/h2H2,1H3. The van der Waals surface area contributed by atoms with Crippen molar-refractivity contribution in [2.75, 3.05) is 6.54 Å². The molecule has 0 radical (unpaired) electrons. The number of halogens is 3. The Morgan fingerprint density at radius 2 is 1.92 bits per heavy atom. The van der Waals surface area contributed by atoms with Gasteiger partial charge in [-0.15, -0.1) is 0 Å². The van der Waals surface area contributed by atoms with Crippen LogP contribution >= 0.6 is 68.0 Å². The molecule has 1 aliphatic heterocycles. The predicted octanol–water partition coefficient (Wildman–Crippen LogP) is 2.14. The first kappa shape index (κ1) is 11.2. The zero-order chi connectivity index (χ0) is 9.52. The van der Waals surface area contributed by atoms with Gasteiger partial charge in [0.05, 0.1) is 22.9 Å². The van der Waals surface area contributed by atoms with Gasteiger partial charge in [-0.25, -0.2) is 7.91 Å². The van der Waals surface area contributed by atoms with Crippen molar-refractivity contribution >= 4 is 80.0 Å². The van der Waals surface area contributed by atoms with Gasteiger partial charge in [-0.3, -0.25) is 9.69 Å². The minimum absolute atomic E-state index is 0.148. The van der Waals surface area contributed by atoms with Crippen molar-refractivity contribution in [2.45, 2.75) is 8.48 Å². The molecule has 0 saturated carbocycles. The maximum Gasteiger partial charge on any atom is 0.337 e. The van der Waals surface area contributed by atoms with E-state index in [9.17, 15) is 9.59 Å². The number of hydrogen-bond acceptors (Lipinski definition) is 2. The number of imide groups is 1. The Hall–Kier alpha value is 1.13. The summed E-state index contributed by atoms with van der Waals surface area (Å²) in [4.78, 5) is 24.1. The Balaban J connectivity index is 3.02. The van der Waals surface area contributed by atoms with Crippen LogP contribution in [-0.2, 0) is 4.79 Å². The highest BCUT2D eigenvalue weighted by atomic mass is 127. The lowest BCUT2D eigenvalue weighted by molar-refractivity contribution is -0.125. The molecule has 0 spiro atoms. The number of alkyl halides is 2. The topological polar surface area (TPSA) is 40.6 Å². The van der Waals surface area contributed by atoms with Crippen molar-refractivity contribution in [1.82, 2.24) is 8.01 Å². The van der Waals surface area contributed by atoms with Crippen LogP contribution in [0.15, 0.2) is 0 Å². The van der Waals surface area contributed by atoms with E-state index in [1.54, 1.807) is 6.92 Å². The van der Waals surface area contributed by atoms with E-state index in [0.717, 1.165) is 0 Å². The van der Waals surface area contributed by atoms with Crippen molar-refractivity contribution in [3.63, 3.8) is 0 Å². The second-order valence-corrected chi connectivity index (χ2v) is 8.31. The molecule has 1 aliphatic rings. The molecule has 0 aromatic heterocycles. The second kappa shape index (κ2) is 3.71. The van der Waals surface area contributed by atoms with E-state index >= 15 is 0 Å². The van der Waals surface area contributed by atoms with Gasteiger partial charge in [0.2, 0.25) is 1.55 Å². The fourth-order valence-electron chi connectivity index (χ4n) is 0.838. The molecule has 0 atom stereocenters. The van der Waals surface area contributed by atoms with Crippen molar-refractivity contribution in [3.05, 3.63) is 0 Å². The fourth-order valence-corrected chi connectivity index (χ4v) is 2.30. The van der Waals surface area contributed by atoms with E-state index in [2.05, 4.69) is 0 Å². The summed E-state index contributed by atoms with van der Waals surface area (Å²) >= 11 is 5.79. The average molecular weight is 506 g/mol. The smallest absolute Gasteiger partial charge is 0.270 e. The molecule has 12 heavy (non-hydrogen) atoms. The van der Waals surface area contributed by atoms with E-state index < -0.39 is 1.55 Å². The van der Waals surface area contributed by atoms with Crippen LogP contribution in [0.5, 0.6) is 0 Å². The lowest BCUT2D eigenvalue weighted by Gasteiger charge is -2.15. The zero-order valence-corrected chi connectivity index (χ0v) is 12.5. The van der Waals surface area contributed by atoms with Crippen LogP contribution in [0.2, 0.25) is 0 Å². The molecule has 4 nitrogen and oxygen atoms in total. The molecule has 3 amide bonds. The molecule has 1 heterocycles. The fraction of sp³-hybridized carbons (Fsp3) is 0.600. The highest BCUT2D eigenvalue weighted by Crippen LogP contribution is 2.42. The normalized spacial score (nSPS) is 22.3. The third-order valence-electron chi connectivity index (χ3n) is 1.46. The Morgan fingerprint density at radius 1 is 1.42 bits per heavy atom. The molecule has 0 unspecified atom stereocenters. The number of carbonyl (C=O) groups excluding carboxylic acids is 2. The summed E-state index contributed by atoms with van der Waals surface area (Å²) in [6, 6.07) is -0.230. The van der Waals surface area contributed by atoms with E-state index in [1.807, 2.05) is 68.0 Å². The molecule has 0 N–H and O–H groups in total. The van der Waals surface area contributed by atoms with Crippen LogP contribution in [0.4, 0.5) is 4.79 Å². The van der Waals surface area contributed by atoms with Crippen molar-refractivity contribution < 1.29 is 9.59 Å². The first-order valence-corrected chi connectivity index (χ1v) is 6.25. The summed E-state index contributed by atoms with van der Waals surface area (Å²) in [6.07, 6.45) is 0.